The first kappa shape index (κ1) is 12.5. The Bertz CT molecular complexity index is 358. The van der Waals surface area contributed by atoms with Crippen molar-refractivity contribution >= 4 is 0 Å². The summed E-state index contributed by atoms with van der Waals surface area (Å²) in [6, 6.07) is 2.00. The van der Waals surface area contributed by atoms with Gasteiger partial charge in [0.15, 0.2) is 0 Å². The molecule has 1 aliphatic heterocycles. The first-order chi connectivity index (χ1) is 8.07. The third-order valence-electron chi connectivity index (χ3n) is 3.19. The highest BCUT2D eigenvalue weighted by atomic mass is 16.5. The molecule has 96 valence electrons. The lowest BCUT2D eigenvalue weighted by Crippen LogP contribution is -2.45. The standard InChI is InChI=1S/C12H21N3O2/c1-14(9-11-3-6-15(2)13-11)10-12(16)4-7-17-8-5-12/h3,6,16H,4-5,7-10H2,1-2H3. The van der Waals surface area contributed by atoms with Crippen LogP contribution < -0.4 is 0 Å². The molecule has 2 rings (SSSR count). The summed E-state index contributed by atoms with van der Waals surface area (Å²) < 4.78 is 7.07. The SMILES string of the molecule is CN(Cc1ccn(C)n1)CC1(O)CCOCC1. The van der Waals surface area contributed by atoms with Crippen LogP contribution in [0.2, 0.25) is 0 Å². The van der Waals surface area contributed by atoms with Gasteiger partial charge in [-0.05, 0) is 13.1 Å². The summed E-state index contributed by atoms with van der Waals surface area (Å²) in [4.78, 5) is 2.12. The lowest BCUT2D eigenvalue weighted by Gasteiger charge is -2.35. The van der Waals surface area contributed by atoms with E-state index in [0.717, 1.165) is 25.1 Å². The molecule has 1 saturated heterocycles. The number of likely N-dealkylation sites (N-methyl/N-ethyl adjacent to an activating group) is 1. The van der Waals surface area contributed by atoms with Gasteiger partial charge in [0.25, 0.3) is 0 Å². The maximum absolute atomic E-state index is 10.4. The molecule has 0 aliphatic carbocycles. The Kier molecular flexibility index (Phi) is 3.81. The van der Waals surface area contributed by atoms with Gasteiger partial charge >= 0.3 is 0 Å². The molecule has 1 aromatic heterocycles. The zero-order valence-electron chi connectivity index (χ0n) is 10.6. The van der Waals surface area contributed by atoms with Crippen molar-refractivity contribution in [3.05, 3.63) is 18.0 Å². The second-order valence-electron chi connectivity index (χ2n) is 4.99. The fourth-order valence-electron chi connectivity index (χ4n) is 2.29. The molecule has 0 aromatic carbocycles. The summed E-state index contributed by atoms with van der Waals surface area (Å²) >= 11 is 0. The number of aryl methyl sites for hydroxylation is 1. The highest BCUT2D eigenvalue weighted by Gasteiger charge is 2.30. The predicted octanol–water partition coefficient (Wildman–Crippen LogP) is 0.393. The molecule has 0 radical (unpaired) electrons. The molecule has 0 spiro atoms. The van der Waals surface area contributed by atoms with Crippen molar-refractivity contribution in [2.75, 3.05) is 26.8 Å². The average Bonchev–Trinajstić information content (AvgIpc) is 2.63. The Morgan fingerprint density at radius 1 is 1.53 bits per heavy atom. The van der Waals surface area contributed by atoms with Crippen molar-refractivity contribution in [1.82, 2.24) is 14.7 Å². The molecule has 0 amide bonds. The molecule has 1 N–H and O–H groups in total. The number of ether oxygens (including phenoxy) is 1. The summed E-state index contributed by atoms with van der Waals surface area (Å²) in [6.07, 6.45) is 3.38. The van der Waals surface area contributed by atoms with Gasteiger partial charge in [0, 0.05) is 52.4 Å². The van der Waals surface area contributed by atoms with Crippen LogP contribution in [0.1, 0.15) is 18.5 Å². The molecule has 0 bridgehead atoms. The quantitative estimate of drug-likeness (QED) is 0.826. The number of aliphatic hydroxyl groups is 1. The van der Waals surface area contributed by atoms with E-state index in [-0.39, 0.29) is 0 Å². The molecule has 17 heavy (non-hydrogen) atoms. The molecule has 5 nitrogen and oxygen atoms in total. The van der Waals surface area contributed by atoms with Gasteiger partial charge in [-0.3, -0.25) is 9.58 Å². The molecular formula is C12H21N3O2. The average molecular weight is 239 g/mol. The summed E-state index contributed by atoms with van der Waals surface area (Å²) in [6.45, 7) is 2.76. The number of nitrogens with zero attached hydrogens (tertiary/aromatic N) is 3. The van der Waals surface area contributed by atoms with Crippen LogP contribution in [0.4, 0.5) is 0 Å². The fraction of sp³-hybridized carbons (Fsp3) is 0.750. The van der Waals surface area contributed by atoms with E-state index in [9.17, 15) is 5.11 Å². The lowest BCUT2D eigenvalue weighted by molar-refractivity contribution is -0.0778. The highest BCUT2D eigenvalue weighted by Crippen LogP contribution is 2.21. The van der Waals surface area contributed by atoms with Gasteiger partial charge in [-0.25, -0.2) is 0 Å². The van der Waals surface area contributed by atoms with Crippen LogP contribution in [0, 0.1) is 0 Å². The number of hydrogen-bond acceptors (Lipinski definition) is 4. The van der Waals surface area contributed by atoms with Crippen LogP contribution in [0.5, 0.6) is 0 Å². The highest BCUT2D eigenvalue weighted by molar-refractivity contribution is 4.98. The van der Waals surface area contributed by atoms with Gasteiger partial charge in [-0.2, -0.15) is 5.10 Å². The largest absolute Gasteiger partial charge is 0.388 e. The van der Waals surface area contributed by atoms with Crippen molar-refractivity contribution in [2.24, 2.45) is 7.05 Å². The van der Waals surface area contributed by atoms with Crippen LogP contribution in [-0.4, -0.2) is 52.2 Å². The van der Waals surface area contributed by atoms with Crippen molar-refractivity contribution in [3.63, 3.8) is 0 Å². The maximum Gasteiger partial charge on any atom is 0.0817 e. The van der Waals surface area contributed by atoms with Gasteiger partial charge in [0.1, 0.15) is 0 Å². The minimum atomic E-state index is -0.595. The van der Waals surface area contributed by atoms with Gasteiger partial charge in [-0.15, -0.1) is 0 Å². The topological polar surface area (TPSA) is 50.5 Å². The van der Waals surface area contributed by atoms with Crippen molar-refractivity contribution < 1.29 is 9.84 Å². The van der Waals surface area contributed by atoms with Gasteiger partial charge in [0.05, 0.1) is 11.3 Å². The Morgan fingerprint density at radius 3 is 2.82 bits per heavy atom. The monoisotopic (exact) mass is 239 g/mol. The summed E-state index contributed by atoms with van der Waals surface area (Å²) in [7, 11) is 3.93. The molecule has 0 saturated carbocycles. The van der Waals surface area contributed by atoms with E-state index in [1.165, 1.54) is 0 Å². The summed E-state index contributed by atoms with van der Waals surface area (Å²) in [5.74, 6) is 0. The maximum atomic E-state index is 10.4. The molecule has 2 heterocycles. The smallest absolute Gasteiger partial charge is 0.0817 e. The summed E-state index contributed by atoms with van der Waals surface area (Å²) in [5, 5.41) is 14.7. The van der Waals surface area contributed by atoms with E-state index in [1.807, 2.05) is 26.4 Å². The Morgan fingerprint density at radius 2 is 2.24 bits per heavy atom. The second kappa shape index (κ2) is 5.16. The van der Waals surface area contributed by atoms with E-state index in [4.69, 9.17) is 4.74 Å². The van der Waals surface area contributed by atoms with E-state index in [1.54, 1.807) is 4.68 Å². The van der Waals surface area contributed by atoms with Crippen molar-refractivity contribution in [3.8, 4) is 0 Å². The normalized spacial score (nSPS) is 19.8. The molecule has 5 heteroatoms. The molecular weight excluding hydrogens is 218 g/mol. The molecule has 1 fully saturated rings. The van der Waals surface area contributed by atoms with Crippen LogP contribution in [-0.2, 0) is 18.3 Å². The zero-order chi connectivity index (χ0) is 12.3. The first-order valence-corrected chi connectivity index (χ1v) is 6.05. The van der Waals surface area contributed by atoms with Gasteiger partial charge < -0.3 is 9.84 Å². The Labute approximate surface area is 102 Å². The van der Waals surface area contributed by atoms with E-state index >= 15 is 0 Å². The Hall–Kier alpha value is -0.910. The van der Waals surface area contributed by atoms with Crippen LogP contribution >= 0.6 is 0 Å². The third kappa shape index (κ3) is 3.52. The van der Waals surface area contributed by atoms with Crippen molar-refractivity contribution in [1.29, 1.82) is 0 Å². The first-order valence-electron chi connectivity index (χ1n) is 6.05. The third-order valence-corrected chi connectivity index (χ3v) is 3.19. The lowest BCUT2D eigenvalue weighted by atomic mass is 9.94. The second-order valence-corrected chi connectivity index (χ2v) is 4.99. The number of aromatic nitrogens is 2. The molecule has 1 aromatic rings. The number of hydrogen-bond donors (Lipinski definition) is 1. The van der Waals surface area contributed by atoms with Crippen molar-refractivity contribution in [2.45, 2.75) is 25.0 Å². The zero-order valence-corrected chi connectivity index (χ0v) is 10.6. The van der Waals surface area contributed by atoms with Crippen LogP contribution in [0.15, 0.2) is 12.3 Å². The fourth-order valence-corrected chi connectivity index (χ4v) is 2.29. The molecule has 0 unspecified atom stereocenters. The molecule has 0 atom stereocenters. The minimum absolute atomic E-state index is 0.595. The predicted molar refractivity (Wildman–Crippen MR) is 64.5 cm³/mol. The van der Waals surface area contributed by atoms with Crippen LogP contribution in [0.25, 0.3) is 0 Å². The minimum Gasteiger partial charge on any atom is -0.388 e. The molecule has 1 aliphatic rings. The van der Waals surface area contributed by atoms with E-state index in [2.05, 4.69) is 10.00 Å². The van der Waals surface area contributed by atoms with E-state index < -0.39 is 5.60 Å². The van der Waals surface area contributed by atoms with E-state index in [0.29, 0.717) is 19.8 Å². The Balaban J connectivity index is 1.85. The van der Waals surface area contributed by atoms with Gasteiger partial charge in [-0.1, -0.05) is 0 Å². The summed E-state index contributed by atoms with van der Waals surface area (Å²) in [5.41, 5.74) is 0.438. The number of rotatable bonds is 4. The van der Waals surface area contributed by atoms with Gasteiger partial charge in [0.2, 0.25) is 0 Å². The van der Waals surface area contributed by atoms with Crippen LogP contribution in [0.3, 0.4) is 0 Å².